The highest BCUT2D eigenvalue weighted by Gasteiger charge is 2.09. The summed E-state index contributed by atoms with van der Waals surface area (Å²) in [5.41, 5.74) is 1.07. The van der Waals surface area contributed by atoms with E-state index < -0.39 is 17.9 Å². The highest BCUT2D eigenvalue weighted by atomic mass is 16.7. The van der Waals surface area contributed by atoms with Gasteiger partial charge in [-0.25, -0.2) is 14.4 Å². The van der Waals surface area contributed by atoms with Crippen molar-refractivity contribution in [3.63, 3.8) is 0 Å². The lowest BCUT2D eigenvalue weighted by atomic mass is 10.1. The average molecular weight is 382 g/mol. The summed E-state index contributed by atoms with van der Waals surface area (Å²) in [5.74, 6) is -0.882. The molecule has 0 saturated carbocycles. The molecule has 0 N–H and O–H groups in total. The summed E-state index contributed by atoms with van der Waals surface area (Å²) in [6.45, 7) is 6.42. The van der Waals surface area contributed by atoms with Gasteiger partial charge in [-0.1, -0.05) is 25.3 Å². The molecule has 144 valence electrons. The highest BCUT2D eigenvalue weighted by molar-refractivity contribution is 5.91. The van der Waals surface area contributed by atoms with Gasteiger partial charge >= 0.3 is 17.9 Å². The Labute approximate surface area is 161 Å². The van der Waals surface area contributed by atoms with Crippen LogP contribution in [0.2, 0.25) is 0 Å². The number of carbonyl (C=O) groups is 3. The van der Waals surface area contributed by atoms with Crippen molar-refractivity contribution in [2.45, 2.75) is 6.61 Å². The first-order chi connectivity index (χ1) is 13.5. The van der Waals surface area contributed by atoms with Gasteiger partial charge in [0, 0.05) is 12.2 Å². The minimum absolute atomic E-state index is 0.0871. The molecule has 0 amide bonds. The number of carbonyl (C=O) groups excluding carboxylic acids is 3. The zero-order valence-corrected chi connectivity index (χ0v) is 15.0. The fraction of sp³-hybridized carbons (Fsp3) is 0.0952. The summed E-state index contributed by atoms with van der Waals surface area (Å²) in [4.78, 5) is 34.1. The lowest BCUT2D eigenvalue weighted by Crippen LogP contribution is -2.09. The van der Waals surface area contributed by atoms with Crippen LogP contribution in [0.25, 0.3) is 0 Å². The molecular formula is C21H18O7. The first kappa shape index (κ1) is 20.4. The molecule has 0 aliphatic carbocycles. The maximum Gasteiger partial charge on any atom is 0.343 e. The van der Waals surface area contributed by atoms with Crippen LogP contribution in [0.1, 0.15) is 15.9 Å². The molecule has 0 unspecified atom stereocenters. The van der Waals surface area contributed by atoms with Gasteiger partial charge in [-0.05, 0) is 42.0 Å². The Morgan fingerprint density at radius 2 is 1.36 bits per heavy atom. The van der Waals surface area contributed by atoms with E-state index in [1.807, 2.05) is 0 Å². The quantitative estimate of drug-likeness (QED) is 0.285. The molecule has 7 heteroatoms. The van der Waals surface area contributed by atoms with E-state index in [0.29, 0.717) is 17.1 Å². The molecule has 2 rings (SSSR count). The van der Waals surface area contributed by atoms with Gasteiger partial charge in [0.1, 0.15) is 18.1 Å². The van der Waals surface area contributed by atoms with Crippen molar-refractivity contribution in [3.8, 4) is 11.5 Å². The third kappa shape index (κ3) is 6.45. The summed E-state index contributed by atoms with van der Waals surface area (Å²) in [7, 11) is 0. The van der Waals surface area contributed by atoms with Crippen LogP contribution < -0.4 is 9.47 Å². The van der Waals surface area contributed by atoms with Crippen molar-refractivity contribution in [1.82, 2.24) is 0 Å². The Bertz CT molecular complexity index is 851. The van der Waals surface area contributed by atoms with Gasteiger partial charge in [0.15, 0.2) is 0 Å². The van der Waals surface area contributed by atoms with Gasteiger partial charge in [-0.3, -0.25) is 0 Å². The van der Waals surface area contributed by atoms with Crippen LogP contribution >= 0.6 is 0 Å². The second-order valence-corrected chi connectivity index (χ2v) is 5.30. The molecule has 0 radical (unpaired) electrons. The number of benzene rings is 2. The minimum Gasteiger partial charge on any atom is -0.458 e. The number of ether oxygens (including phenoxy) is 4. The molecule has 0 saturated heterocycles. The third-order valence-electron chi connectivity index (χ3n) is 3.37. The van der Waals surface area contributed by atoms with Gasteiger partial charge in [0.25, 0.3) is 0 Å². The van der Waals surface area contributed by atoms with Crippen molar-refractivity contribution in [3.05, 3.63) is 85.0 Å². The number of hydrogen-bond acceptors (Lipinski definition) is 7. The molecule has 0 aliphatic rings. The van der Waals surface area contributed by atoms with Crippen LogP contribution in [-0.2, 0) is 25.7 Å². The first-order valence-electron chi connectivity index (χ1n) is 8.14. The number of esters is 3. The molecule has 0 aliphatic heterocycles. The smallest absolute Gasteiger partial charge is 0.343 e. The van der Waals surface area contributed by atoms with Gasteiger partial charge in [-0.2, -0.15) is 0 Å². The molecule has 0 bridgehead atoms. The molecule has 0 atom stereocenters. The fourth-order valence-corrected chi connectivity index (χ4v) is 1.93. The standard InChI is InChI=1S/C21H18O7/c1-3-19(22)25-13-15-5-7-16(8-6-15)21(24)28-18-11-9-17(10-12-18)26-14-27-20(23)4-2/h3-12H,1-2,13-14H2. The molecule has 0 aromatic heterocycles. The Hall–Kier alpha value is -3.87. The zero-order chi connectivity index (χ0) is 20.4. The zero-order valence-electron chi connectivity index (χ0n) is 15.0. The average Bonchev–Trinajstić information content (AvgIpc) is 2.73. The van der Waals surface area contributed by atoms with Crippen LogP contribution in [0.3, 0.4) is 0 Å². The topological polar surface area (TPSA) is 88.1 Å². The predicted molar refractivity (Wildman–Crippen MR) is 99.6 cm³/mol. The van der Waals surface area contributed by atoms with Crippen LogP contribution in [0, 0.1) is 0 Å². The normalized spacial score (nSPS) is 9.71. The number of rotatable bonds is 9. The van der Waals surface area contributed by atoms with Crippen molar-refractivity contribution in [2.75, 3.05) is 6.79 Å². The van der Waals surface area contributed by atoms with Crippen molar-refractivity contribution >= 4 is 17.9 Å². The van der Waals surface area contributed by atoms with E-state index in [1.54, 1.807) is 48.5 Å². The Balaban J connectivity index is 1.86. The van der Waals surface area contributed by atoms with Crippen molar-refractivity contribution < 1.29 is 33.3 Å². The monoisotopic (exact) mass is 382 g/mol. The van der Waals surface area contributed by atoms with Crippen LogP contribution in [0.5, 0.6) is 11.5 Å². The van der Waals surface area contributed by atoms with Crippen LogP contribution in [-0.4, -0.2) is 24.7 Å². The Kier molecular flexibility index (Phi) is 7.53. The van der Waals surface area contributed by atoms with E-state index in [0.717, 1.165) is 17.7 Å². The van der Waals surface area contributed by atoms with E-state index in [1.165, 1.54) is 0 Å². The summed E-state index contributed by atoms with van der Waals surface area (Å²) >= 11 is 0. The lowest BCUT2D eigenvalue weighted by molar-refractivity contribution is -0.144. The maximum atomic E-state index is 12.2. The molecule has 2 aromatic rings. The molecule has 7 nitrogen and oxygen atoms in total. The van der Waals surface area contributed by atoms with Crippen LogP contribution in [0.15, 0.2) is 73.8 Å². The van der Waals surface area contributed by atoms with E-state index in [4.69, 9.17) is 18.9 Å². The molecule has 0 spiro atoms. The summed E-state index contributed by atoms with van der Waals surface area (Å²) in [6.07, 6.45) is 2.11. The largest absolute Gasteiger partial charge is 0.458 e. The Morgan fingerprint density at radius 3 is 1.96 bits per heavy atom. The van der Waals surface area contributed by atoms with Crippen molar-refractivity contribution in [2.24, 2.45) is 0 Å². The van der Waals surface area contributed by atoms with Gasteiger partial charge in [0.05, 0.1) is 5.56 Å². The number of hydrogen-bond donors (Lipinski definition) is 0. The van der Waals surface area contributed by atoms with Crippen molar-refractivity contribution in [1.29, 1.82) is 0 Å². The predicted octanol–water partition coefficient (Wildman–Crippen LogP) is 3.20. The maximum absolute atomic E-state index is 12.2. The SMILES string of the molecule is C=CC(=O)OCOc1ccc(OC(=O)c2ccc(COC(=O)C=C)cc2)cc1. The van der Waals surface area contributed by atoms with E-state index in [2.05, 4.69) is 13.2 Å². The first-order valence-corrected chi connectivity index (χ1v) is 8.14. The second kappa shape index (κ2) is 10.3. The highest BCUT2D eigenvalue weighted by Crippen LogP contribution is 2.19. The molecule has 28 heavy (non-hydrogen) atoms. The fourth-order valence-electron chi connectivity index (χ4n) is 1.93. The lowest BCUT2D eigenvalue weighted by Gasteiger charge is -2.08. The summed E-state index contributed by atoms with van der Waals surface area (Å²) in [5, 5.41) is 0. The molecule has 2 aromatic carbocycles. The Morgan fingerprint density at radius 1 is 0.786 bits per heavy atom. The molecular weight excluding hydrogens is 364 g/mol. The third-order valence-corrected chi connectivity index (χ3v) is 3.37. The summed E-state index contributed by atoms with van der Waals surface area (Å²) < 4.78 is 20.1. The van der Waals surface area contributed by atoms with Gasteiger partial charge < -0.3 is 18.9 Å². The minimum atomic E-state index is -0.588. The van der Waals surface area contributed by atoms with Gasteiger partial charge in [-0.15, -0.1) is 0 Å². The molecule has 0 heterocycles. The van der Waals surface area contributed by atoms with Gasteiger partial charge in [0.2, 0.25) is 6.79 Å². The van der Waals surface area contributed by atoms with E-state index >= 15 is 0 Å². The molecule has 0 fully saturated rings. The van der Waals surface area contributed by atoms with Crippen LogP contribution in [0.4, 0.5) is 0 Å². The van der Waals surface area contributed by atoms with E-state index in [9.17, 15) is 14.4 Å². The summed E-state index contributed by atoms with van der Waals surface area (Å²) in [6, 6.07) is 12.7. The van der Waals surface area contributed by atoms with E-state index in [-0.39, 0.29) is 13.4 Å². The second-order valence-electron chi connectivity index (χ2n) is 5.30.